The first-order chi connectivity index (χ1) is 5.34. The molecule has 0 aliphatic carbocycles. The van der Waals surface area contributed by atoms with Crippen LogP contribution in [-0.4, -0.2) is 13.2 Å². The van der Waals surface area contributed by atoms with Gasteiger partial charge in [-0.1, -0.05) is 18.7 Å². The van der Waals surface area contributed by atoms with Crippen molar-refractivity contribution in [2.24, 2.45) is 0 Å². The lowest BCUT2D eigenvalue weighted by Gasteiger charge is -2.18. The van der Waals surface area contributed by atoms with Crippen molar-refractivity contribution in [2.45, 2.75) is 6.92 Å². The number of allylic oxidation sites excluding steroid dienone is 3. The first-order valence-corrected chi connectivity index (χ1v) is 3.62. The lowest BCUT2D eigenvalue weighted by Crippen LogP contribution is -2.12. The van der Waals surface area contributed by atoms with Crippen molar-refractivity contribution >= 4 is 0 Å². The fraction of sp³-hybridized carbons (Fsp3) is 0.333. The first kappa shape index (κ1) is 7.92. The van der Waals surface area contributed by atoms with Gasteiger partial charge >= 0.3 is 0 Å². The Labute approximate surface area is 66.8 Å². The predicted molar refractivity (Wildman–Crippen MR) is 43.9 cm³/mol. The molecule has 0 amide bonds. The molecule has 0 spiro atoms. The van der Waals surface area contributed by atoms with E-state index in [1.165, 1.54) is 0 Å². The number of hydrogen-bond donors (Lipinski definition) is 0. The van der Waals surface area contributed by atoms with Crippen LogP contribution in [0.4, 0.5) is 0 Å². The zero-order chi connectivity index (χ0) is 8.10. The van der Waals surface area contributed by atoms with Gasteiger partial charge in [-0.2, -0.15) is 0 Å². The van der Waals surface area contributed by atoms with Crippen LogP contribution in [0.1, 0.15) is 6.92 Å². The molecule has 0 aromatic heterocycles. The summed E-state index contributed by atoms with van der Waals surface area (Å²) in [6, 6.07) is 0. The third-order valence-corrected chi connectivity index (χ3v) is 1.33. The second kappa shape index (κ2) is 3.86. The topological polar surface area (TPSA) is 18.5 Å². The monoisotopic (exact) mass is 152 g/mol. The summed E-state index contributed by atoms with van der Waals surface area (Å²) in [5.41, 5.74) is 0. The molecule has 1 aliphatic rings. The van der Waals surface area contributed by atoms with Crippen LogP contribution >= 0.6 is 0 Å². The highest BCUT2D eigenvalue weighted by Crippen LogP contribution is 2.15. The quantitative estimate of drug-likeness (QED) is 0.572. The maximum Gasteiger partial charge on any atom is 0.160 e. The molecule has 11 heavy (non-hydrogen) atoms. The van der Waals surface area contributed by atoms with E-state index >= 15 is 0 Å². The summed E-state index contributed by atoms with van der Waals surface area (Å²) in [4.78, 5) is 0. The van der Waals surface area contributed by atoms with Gasteiger partial charge in [0.25, 0.3) is 0 Å². The smallest absolute Gasteiger partial charge is 0.160 e. The van der Waals surface area contributed by atoms with Crippen molar-refractivity contribution in [1.29, 1.82) is 0 Å². The zero-order valence-electron chi connectivity index (χ0n) is 6.67. The van der Waals surface area contributed by atoms with Crippen LogP contribution in [0.3, 0.4) is 0 Å². The Hall–Kier alpha value is -1.18. The maximum atomic E-state index is 5.28. The highest BCUT2D eigenvalue weighted by Gasteiger charge is 2.09. The molecule has 2 heteroatoms. The van der Waals surface area contributed by atoms with Gasteiger partial charge in [-0.15, -0.1) is 0 Å². The van der Waals surface area contributed by atoms with Crippen molar-refractivity contribution < 1.29 is 9.47 Å². The van der Waals surface area contributed by atoms with Crippen molar-refractivity contribution in [3.05, 3.63) is 36.3 Å². The standard InChI is InChI=1S/C9H12O2/c1-3-4-5-9-8(2)10-6-7-11-9/h3-5H,2,6-7H2,1H3/b4-3-,9-5+. The molecule has 0 aromatic carbocycles. The second-order valence-electron chi connectivity index (χ2n) is 2.18. The van der Waals surface area contributed by atoms with Crippen molar-refractivity contribution in [3.8, 4) is 0 Å². The summed E-state index contributed by atoms with van der Waals surface area (Å²) in [5.74, 6) is 1.35. The molecule has 1 aliphatic heterocycles. The number of rotatable bonds is 1. The summed E-state index contributed by atoms with van der Waals surface area (Å²) in [6.07, 6.45) is 5.68. The molecule has 0 radical (unpaired) electrons. The van der Waals surface area contributed by atoms with Gasteiger partial charge in [0.1, 0.15) is 13.2 Å². The lowest BCUT2D eigenvalue weighted by molar-refractivity contribution is 0.0606. The van der Waals surface area contributed by atoms with E-state index in [1.807, 2.05) is 25.2 Å². The van der Waals surface area contributed by atoms with Crippen LogP contribution in [0, 0.1) is 0 Å². The minimum atomic E-state index is 0.603. The van der Waals surface area contributed by atoms with E-state index in [1.54, 1.807) is 0 Å². The van der Waals surface area contributed by atoms with Crippen molar-refractivity contribution in [2.75, 3.05) is 13.2 Å². The fourth-order valence-corrected chi connectivity index (χ4v) is 0.793. The highest BCUT2D eigenvalue weighted by molar-refractivity contribution is 5.22. The zero-order valence-corrected chi connectivity index (χ0v) is 6.67. The van der Waals surface area contributed by atoms with Crippen molar-refractivity contribution in [3.63, 3.8) is 0 Å². The Kier molecular flexibility index (Phi) is 2.78. The van der Waals surface area contributed by atoms with E-state index in [-0.39, 0.29) is 0 Å². The third kappa shape index (κ3) is 2.15. The molecule has 60 valence electrons. The molecule has 0 atom stereocenters. The number of ether oxygens (including phenoxy) is 2. The molecular weight excluding hydrogens is 140 g/mol. The summed E-state index contributed by atoms with van der Waals surface area (Å²) in [6.45, 7) is 6.86. The van der Waals surface area contributed by atoms with Gasteiger partial charge in [0, 0.05) is 0 Å². The van der Waals surface area contributed by atoms with Gasteiger partial charge in [0.15, 0.2) is 11.5 Å². The average molecular weight is 152 g/mol. The van der Waals surface area contributed by atoms with Crippen LogP contribution < -0.4 is 0 Å². The molecular formula is C9H12O2. The number of hydrogen-bond acceptors (Lipinski definition) is 2. The van der Waals surface area contributed by atoms with E-state index in [0.29, 0.717) is 19.0 Å². The third-order valence-electron chi connectivity index (χ3n) is 1.33. The van der Waals surface area contributed by atoms with Crippen LogP contribution in [0.25, 0.3) is 0 Å². The van der Waals surface area contributed by atoms with E-state index < -0.39 is 0 Å². The Bertz CT molecular complexity index is 202. The van der Waals surface area contributed by atoms with Gasteiger partial charge in [-0.05, 0) is 13.0 Å². The molecule has 0 N–H and O–H groups in total. The Balaban J connectivity index is 2.61. The molecule has 0 bridgehead atoms. The Morgan fingerprint density at radius 3 is 2.73 bits per heavy atom. The van der Waals surface area contributed by atoms with Crippen molar-refractivity contribution in [1.82, 2.24) is 0 Å². The van der Waals surface area contributed by atoms with Crippen LogP contribution in [0.5, 0.6) is 0 Å². The van der Waals surface area contributed by atoms with Gasteiger partial charge in [0.2, 0.25) is 0 Å². The Morgan fingerprint density at radius 2 is 2.09 bits per heavy atom. The molecule has 0 aromatic rings. The SMILES string of the molecule is C=C1OCCO/C1=C/C=C\C. The van der Waals surface area contributed by atoms with E-state index in [4.69, 9.17) is 9.47 Å². The van der Waals surface area contributed by atoms with E-state index in [0.717, 1.165) is 5.76 Å². The Morgan fingerprint density at radius 1 is 1.36 bits per heavy atom. The average Bonchev–Trinajstić information content (AvgIpc) is 2.03. The summed E-state index contributed by atoms with van der Waals surface area (Å²) < 4.78 is 10.4. The van der Waals surface area contributed by atoms with Crippen LogP contribution in [-0.2, 0) is 9.47 Å². The molecule has 1 rings (SSSR count). The predicted octanol–water partition coefficient (Wildman–Crippen LogP) is 2.01. The van der Waals surface area contributed by atoms with E-state index in [9.17, 15) is 0 Å². The molecule has 1 heterocycles. The summed E-state index contributed by atoms with van der Waals surface area (Å²) >= 11 is 0. The second-order valence-corrected chi connectivity index (χ2v) is 2.18. The minimum Gasteiger partial charge on any atom is -0.487 e. The molecule has 1 fully saturated rings. The summed E-state index contributed by atoms with van der Waals surface area (Å²) in [5, 5.41) is 0. The first-order valence-electron chi connectivity index (χ1n) is 3.62. The lowest BCUT2D eigenvalue weighted by atomic mass is 10.3. The molecule has 0 saturated carbocycles. The van der Waals surface area contributed by atoms with Gasteiger partial charge < -0.3 is 9.47 Å². The minimum absolute atomic E-state index is 0.603. The summed E-state index contributed by atoms with van der Waals surface area (Å²) in [7, 11) is 0. The van der Waals surface area contributed by atoms with Gasteiger partial charge in [0.05, 0.1) is 0 Å². The van der Waals surface area contributed by atoms with Gasteiger partial charge in [-0.3, -0.25) is 0 Å². The molecule has 2 nitrogen and oxygen atoms in total. The normalized spacial score (nSPS) is 21.9. The van der Waals surface area contributed by atoms with Gasteiger partial charge in [-0.25, -0.2) is 0 Å². The van der Waals surface area contributed by atoms with E-state index in [2.05, 4.69) is 6.58 Å². The highest BCUT2D eigenvalue weighted by atomic mass is 16.6. The van der Waals surface area contributed by atoms with Crippen LogP contribution in [0.15, 0.2) is 36.3 Å². The van der Waals surface area contributed by atoms with Crippen LogP contribution in [0.2, 0.25) is 0 Å². The molecule has 1 saturated heterocycles. The maximum absolute atomic E-state index is 5.28. The largest absolute Gasteiger partial charge is 0.487 e. The molecule has 0 unspecified atom stereocenters. The fourth-order valence-electron chi connectivity index (χ4n) is 0.793.